The number of aromatic hydroxyl groups is 2. The fourth-order valence-electron chi connectivity index (χ4n) is 6.30. The molecule has 1 heterocycles. The number of benzene rings is 1. The molecule has 5 atom stereocenters. The maximum atomic E-state index is 10.5. The highest BCUT2D eigenvalue weighted by Crippen LogP contribution is 2.73. The standard InChI is InChI=1S/C18H21NO3.H3OP/c1-10-4-5-18-8-17(7-10)9-19(22)12(16(17)18)6-11-2-3-13(20)15(21)14(11)18;1-2/h2-3,7,12,16,20-22H,4-6,8-9H2,1H3;1H,2H2/t12?,16?,17?,18-;/m0./s1. The molecule has 1 aliphatic heterocycles. The number of hydroxylamine groups is 2. The maximum absolute atomic E-state index is 10.5. The molecule has 6 rings (SSSR count). The summed E-state index contributed by atoms with van der Waals surface area (Å²) in [4.78, 5) is 6.92. The Labute approximate surface area is 143 Å². The largest absolute Gasteiger partial charge is 0.504 e. The molecule has 2 spiro atoms. The van der Waals surface area contributed by atoms with E-state index in [-0.39, 0.29) is 28.4 Å². The van der Waals surface area contributed by atoms with E-state index in [9.17, 15) is 15.4 Å². The maximum Gasteiger partial charge on any atom is 0.161 e. The van der Waals surface area contributed by atoms with E-state index in [0.717, 1.165) is 36.8 Å². The molecule has 0 amide bonds. The van der Waals surface area contributed by atoms with Gasteiger partial charge in [0.15, 0.2) is 11.5 Å². The summed E-state index contributed by atoms with van der Waals surface area (Å²) in [7, 11) is 1.42. The fourth-order valence-corrected chi connectivity index (χ4v) is 6.30. The lowest BCUT2D eigenvalue weighted by Crippen LogP contribution is -2.61. The lowest BCUT2D eigenvalue weighted by Gasteiger charge is -2.62. The number of allylic oxidation sites excluding steroid dienone is 1. The normalized spacial score (nSPS) is 38.8. The highest BCUT2D eigenvalue weighted by Gasteiger charge is 2.72. The third-order valence-electron chi connectivity index (χ3n) is 6.75. The Morgan fingerprint density at radius 3 is 2.75 bits per heavy atom. The van der Waals surface area contributed by atoms with Gasteiger partial charge in [-0.1, -0.05) is 17.7 Å². The van der Waals surface area contributed by atoms with Crippen LogP contribution < -0.4 is 0 Å². The van der Waals surface area contributed by atoms with Gasteiger partial charge in [-0.2, -0.15) is 5.06 Å². The predicted molar refractivity (Wildman–Crippen MR) is 92.9 cm³/mol. The van der Waals surface area contributed by atoms with Crippen LogP contribution in [0.4, 0.5) is 0 Å². The number of rotatable bonds is 0. The minimum absolute atomic E-state index is 0.0168. The van der Waals surface area contributed by atoms with Crippen molar-refractivity contribution in [2.24, 2.45) is 11.3 Å². The Kier molecular flexibility index (Phi) is 3.53. The second kappa shape index (κ2) is 5.18. The van der Waals surface area contributed by atoms with E-state index in [1.54, 1.807) is 6.07 Å². The fraction of sp³-hybridized carbons (Fsp3) is 0.556. The highest BCUT2D eigenvalue weighted by atomic mass is 31.0. The number of phenols is 2. The van der Waals surface area contributed by atoms with Crippen molar-refractivity contribution >= 4 is 9.47 Å². The molecule has 5 nitrogen and oxygen atoms in total. The molecule has 1 aromatic rings. The predicted octanol–water partition coefficient (Wildman–Crippen LogP) is 2.48. The summed E-state index contributed by atoms with van der Waals surface area (Å²) in [5.74, 6) is 0.403. The van der Waals surface area contributed by atoms with Gasteiger partial charge in [0.1, 0.15) is 0 Å². The summed E-state index contributed by atoms with van der Waals surface area (Å²) >= 11 is 0. The van der Waals surface area contributed by atoms with Gasteiger partial charge in [-0.15, -0.1) is 0 Å². The first-order valence-corrected chi connectivity index (χ1v) is 8.92. The first-order valence-electron chi connectivity index (χ1n) is 8.41. The number of hydrogen-bond acceptors (Lipinski definition) is 5. The van der Waals surface area contributed by atoms with Crippen molar-refractivity contribution < 1.29 is 20.3 Å². The van der Waals surface area contributed by atoms with Crippen LogP contribution in [0, 0.1) is 11.3 Å². The molecule has 5 aliphatic rings. The molecule has 4 aliphatic carbocycles. The molecule has 1 aromatic carbocycles. The molecule has 2 bridgehead atoms. The van der Waals surface area contributed by atoms with Crippen molar-refractivity contribution in [3.63, 3.8) is 0 Å². The number of phenolic OH excluding ortho intramolecular Hbond substituents is 2. The molecular weight excluding hydrogens is 325 g/mol. The van der Waals surface area contributed by atoms with Crippen LogP contribution in [-0.2, 0) is 11.8 Å². The quantitative estimate of drug-likeness (QED) is 0.329. The van der Waals surface area contributed by atoms with Gasteiger partial charge in [-0.05, 0) is 59.6 Å². The summed E-state index contributed by atoms with van der Waals surface area (Å²) in [5, 5.41) is 32.6. The van der Waals surface area contributed by atoms with Crippen molar-refractivity contribution in [3.8, 4) is 11.5 Å². The highest BCUT2D eigenvalue weighted by molar-refractivity contribution is 7.08. The smallest absolute Gasteiger partial charge is 0.161 e. The van der Waals surface area contributed by atoms with Crippen LogP contribution >= 0.6 is 9.47 Å². The molecule has 6 heteroatoms. The Hall–Kier alpha value is -1.13. The van der Waals surface area contributed by atoms with Crippen molar-refractivity contribution in [3.05, 3.63) is 34.9 Å². The molecule has 1 saturated heterocycles. The number of fused-ring (bicyclic) bond motifs is 3. The molecule has 0 radical (unpaired) electrons. The van der Waals surface area contributed by atoms with E-state index >= 15 is 0 Å². The zero-order chi connectivity index (χ0) is 17.3. The van der Waals surface area contributed by atoms with Gasteiger partial charge in [-0.3, -0.25) is 0 Å². The third-order valence-corrected chi connectivity index (χ3v) is 6.75. The van der Waals surface area contributed by atoms with Gasteiger partial charge in [0.25, 0.3) is 0 Å². The zero-order valence-electron chi connectivity index (χ0n) is 13.7. The minimum Gasteiger partial charge on any atom is -0.504 e. The number of nitrogens with zero attached hydrogens (tertiary/aromatic N) is 1. The molecular formula is C18H24NO4P. The van der Waals surface area contributed by atoms with E-state index in [1.165, 1.54) is 20.1 Å². The van der Waals surface area contributed by atoms with E-state index in [1.807, 2.05) is 6.07 Å². The van der Waals surface area contributed by atoms with Gasteiger partial charge < -0.3 is 20.3 Å². The second-order valence-corrected chi connectivity index (χ2v) is 7.87. The van der Waals surface area contributed by atoms with Crippen molar-refractivity contribution in [1.29, 1.82) is 0 Å². The molecule has 2 fully saturated rings. The van der Waals surface area contributed by atoms with Crippen LogP contribution in [0.1, 0.15) is 37.3 Å². The Balaban J connectivity index is 0.000000704. The van der Waals surface area contributed by atoms with Crippen LogP contribution in [0.25, 0.3) is 0 Å². The zero-order valence-corrected chi connectivity index (χ0v) is 14.9. The van der Waals surface area contributed by atoms with Crippen LogP contribution in [-0.4, -0.2) is 38.0 Å². The summed E-state index contributed by atoms with van der Waals surface area (Å²) in [6.45, 7) is 2.87. The average Bonchev–Trinajstić information content (AvgIpc) is 2.64. The second-order valence-electron chi connectivity index (χ2n) is 7.87. The van der Waals surface area contributed by atoms with Crippen molar-refractivity contribution in [2.75, 3.05) is 6.54 Å². The molecule has 4 unspecified atom stereocenters. The van der Waals surface area contributed by atoms with Gasteiger partial charge in [0.05, 0.1) is 0 Å². The van der Waals surface area contributed by atoms with E-state index in [0.29, 0.717) is 12.5 Å². The van der Waals surface area contributed by atoms with Crippen LogP contribution in [0.2, 0.25) is 0 Å². The van der Waals surface area contributed by atoms with E-state index in [4.69, 9.17) is 4.89 Å². The molecule has 130 valence electrons. The summed E-state index contributed by atoms with van der Waals surface area (Å²) in [6, 6.07) is 3.63. The lowest BCUT2D eigenvalue weighted by atomic mass is 9.40. The Bertz CT molecular complexity index is 736. The van der Waals surface area contributed by atoms with E-state index < -0.39 is 0 Å². The number of hydrogen-bond donors (Lipinski definition) is 4. The van der Waals surface area contributed by atoms with E-state index in [2.05, 4.69) is 13.0 Å². The summed E-state index contributed by atoms with van der Waals surface area (Å²) < 4.78 is 0. The van der Waals surface area contributed by atoms with Crippen molar-refractivity contribution in [2.45, 2.75) is 44.1 Å². The monoisotopic (exact) mass is 349 g/mol. The Morgan fingerprint density at radius 2 is 2.00 bits per heavy atom. The van der Waals surface area contributed by atoms with Crippen molar-refractivity contribution in [1.82, 2.24) is 5.06 Å². The SMILES string of the molecule is CC1=CC23CN(O)C4Cc5ccc(O)c(O)c5[C@](CC1)(C2)C43.OP. The van der Waals surface area contributed by atoms with Gasteiger partial charge in [0, 0.05) is 29.0 Å². The minimum atomic E-state index is -0.0905. The molecule has 0 aromatic heterocycles. The van der Waals surface area contributed by atoms with Gasteiger partial charge in [0.2, 0.25) is 0 Å². The summed E-state index contributed by atoms with van der Waals surface area (Å²) in [6.07, 6.45) is 6.14. The van der Waals surface area contributed by atoms with Gasteiger partial charge in [-0.25, -0.2) is 0 Å². The molecule has 4 N–H and O–H groups in total. The van der Waals surface area contributed by atoms with Crippen LogP contribution in [0.5, 0.6) is 11.5 Å². The van der Waals surface area contributed by atoms with Gasteiger partial charge >= 0.3 is 0 Å². The Morgan fingerprint density at radius 1 is 1.25 bits per heavy atom. The van der Waals surface area contributed by atoms with Crippen LogP contribution in [0.3, 0.4) is 0 Å². The first kappa shape index (κ1) is 16.3. The first-order chi connectivity index (χ1) is 11.5. The average molecular weight is 349 g/mol. The topological polar surface area (TPSA) is 84.2 Å². The lowest BCUT2D eigenvalue weighted by molar-refractivity contribution is -0.114. The third kappa shape index (κ3) is 1.79. The molecule has 24 heavy (non-hydrogen) atoms. The molecule has 1 saturated carbocycles. The summed E-state index contributed by atoms with van der Waals surface area (Å²) in [5.41, 5.74) is 3.40. The van der Waals surface area contributed by atoms with Crippen LogP contribution in [0.15, 0.2) is 23.8 Å².